The van der Waals surface area contributed by atoms with Crippen LogP contribution in [0.25, 0.3) is 10.9 Å². The highest BCUT2D eigenvalue weighted by Crippen LogP contribution is 2.33. The largest absolute Gasteiger partial charge is 0.340 e. The second-order valence-corrected chi connectivity index (χ2v) is 6.83. The van der Waals surface area contributed by atoms with Crippen LogP contribution in [0.15, 0.2) is 35.1 Å². The van der Waals surface area contributed by atoms with Crippen molar-refractivity contribution in [3.63, 3.8) is 0 Å². The van der Waals surface area contributed by atoms with Gasteiger partial charge in [-0.2, -0.15) is 0 Å². The van der Waals surface area contributed by atoms with Crippen LogP contribution < -0.4 is 10.7 Å². The third-order valence-electron chi connectivity index (χ3n) is 3.83. The van der Waals surface area contributed by atoms with E-state index in [1.54, 1.807) is 12.1 Å². The van der Waals surface area contributed by atoms with E-state index in [9.17, 15) is 19.7 Å². The first-order valence-electron chi connectivity index (χ1n) is 7.46. The number of hydrogen-bond acceptors (Lipinski definition) is 5. The molecule has 2 aromatic carbocycles. The number of benzene rings is 2. The number of fused-ring (bicyclic) bond motifs is 1. The zero-order valence-corrected chi connectivity index (χ0v) is 15.9. The van der Waals surface area contributed by atoms with Crippen molar-refractivity contribution in [2.45, 2.75) is 6.92 Å². The van der Waals surface area contributed by atoms with Crippen molar-refractivity contribution in [2.75, 3.05) is 5.32 Å². The standard InChI is InChI=1S/C17H10Cl3N3O4/c1-7(24)13-16(25)14-12(23(26)27)5-3-9(19)15(14)22-17(13)21-11-4-2-8(18)6-10(11)20/h2-6H,1H3,(H2,21,22,25). The Morgan fingerprint density at radius 2 is 1.85 bits per heavy atom. The minimum Gasteiger partial charge on any atom is -0.340 e. The molecule has 27 heavy (non-hydrogen) atoms. The Balaban J connectivity index is 2.34. The topological polar surface area (TPSA) is 105 Å². The van der Waals surface area contributed by atoms with Crippen molar-refractivity contribution in [1.82, 2.24) is 4.98 Å². The molecule has 0 saturated heterocycles. The Bertz CT molecular complexity index is 1170. The average Bonchev–Trinajstić information content (AvgIpc) is 2.57. The normalized spacial score (nSPS) is 10.8. The van der Waals surface area contributed by atoms with Crippen LogP contribution in [0.5, 0.6) is 0 Å². The summed E-state index contributed by atoms with van der Waals surface area (Å²) >= 11 is 18.1. The van der Waals surface area contributed by atoms with E-state index in [0.717, 1.165) is 6.07 Å². The van der Waals surface area contributed by atoms with Gasteiger partial charge in [-0.25, -0.2) is 0 Å². The first kappa shape index (κ1) is 19.2. The summed E-state index contributed by atoms with van der Waals surface area (Å²) in [5, 5.41) is 14.6. The number of Topliss-reactive ketones (excluding diaryl/α,β-unsaturated/α-hetero) is 1. The molecule has 0 aliphatic rings. The van der Waals surface area contributed by atoms with Crippen molar-refractivity contribution >= 4 is 68.7 Å². The zero-order chi connectivity index (χ0) is 19.9. The van der Waals surface area contributed by atoms with Crippen LogP contribution in [0.3, 0.4) is 0 Å². The number of hydrogen-bond donors (Lipinski definition) is 2. The number of H-pyrrole nitrogens is 1. The van der Waals surface area contributed by atoms with E-state index in [0.29, 0.717) is 10.7 Å². The molecule has 0 unspecified atom stereocenters. The van der Waals surface area contributed by atoms with Crippen molar-refractivity contribution in [3.05, 3.63) is 71.3 Å². The van der Waals surface area contributed by atoms with Crippen molar-refractivity contribution in [2.24, 2.45) is 0 Å². The summed E-state index contributed by atoms with van der Waals surface area (Å²) in [7, 11) is 0. The van der Waals surface area contributed by atoms with Crippen molar-refractivity contribution in [1.29, 1.82) is 0 Å². The van der Waals surface area contributed by atoms with Gasteiger partial charge in [0.15, 0.2) is 5.78 Å². The smallest absolute Gasteiger partial charge is 0.282 e. The number of aromatic amines is 1. The molecule has 7 nitrogen and oxygen atoms in total. The molecule has 0 amide bonds. The molecule has 1 heterocycles. The summed E-state index contributed by atoms with van der Waals surface area (Å²) in [6.45, 7) is 1.18. The monoisotopic (exact) mass is 425 g/mol. The number of nitro benzene ring substituents is 1. The van der Waals surface area contributed by atoms with Crippen LogP contribution in [0.4, 0.5) is 17.2 Å². The Labute approximate surface area is 167 Å². The number of non-ortho nitro benzene ring substituents is 1. The minimum atomic E-state index is -0.807. The number of carbonyl (C=O) groups excluding carboxylic acids is 1. The van der Waals surface area contributed by atoms with Crippen LogP contribution >= 0.6 is 34.8 Å². The number of rotatable bonds is 4. The maximum Gasteiger partial charge on any atom is 0.282 e. The van der Waals surface area contributed by atoms with Gasteiger partial charge in [0.25, 0.3) is 5.69 Å². The molecule has 0 fully saturated rings. The number of nitro groups is 1. The molecule has 10 heteroatoms. The summed E-state index contributed by atoms with van der Waals surface area (Å²) in [5.74, 6) is -0.563. The lowest BCUT2D eigenvalue weighted by atomic mass is 10.1. The average molecular weight is 427 g/mol. The zero-order valence-electron chi connectivity index (χ0n) is 13.6. The number of aromatic nitrogens is 1. The maximum atomic E-state index is 12.9. The Morgan fingerprint density at radius 1 is 1.15 bits per heavy atom. The van der Waals surface area contributed by atoms with Gasteiger partial charge in [-0.15, -0.1) is 0 Å². The first-order chi connectivity index (χ1) is 12.7. The van der Waals surface area contributed by atoms with E-state index in [2.05, 4.69) is 10.3 Å². The molecule has 3 rings (SSSR count). The molecule has 2 N–H and O–H groups in total. The summed E-state index contributed by atoms with van der Waals surface area (Å²) in [4.78, 5) is 38.4. The van der Waals surface area contributed by atoms with E-state index in [1.807, 2.05) is 0 Å². The minimum absolute atomic E-state index is 0.0200. The number of halogens is 3. The molecule has 0 bridgehead atoms. The highest BCUT2D eigenvalue weighted by Gasteiger charge is 2.24. The fraction of sp³-hybridized carbons (Fsp3) is 0.0588. The molecule has 138 valence electrons. The SMILES string of the molecule is CC(=O)c1c(Nc2ccc(Cl)cc2Cl)[nH]c2c(Cl)ccc([N+](=O)[O-])c2c1=O. The molecular formula is C17H10Cl3N3O4. The van der Waals surface area contributed by atoms with Crippen LogP contribution in [-0.2, 0) is 0 Å². The molecule has 0 spiro atoms. The summed E-state index contributed by atoms with van der Waals surface area (Å²) in [6, 6.07) is 7.03. The lowest BCUT2D eigenvalue weighted by Gasteiger charge is -2.14. The number of pyridine rings is 1. The number of ketones is 1. The Hall–Kier alpha value is -2.61. The summed E-state index contributed by atoms with van der Waals surface area (Å²) in [5.41, 5.74) is -1.13. The van der Waals surface area contributed by atoms with Crippen LogP contribution in [0.2, 0.25) is 15.1 Å². The lowest BCUT2D eigenvalue weighted by Crippen LogP contribution is -2.19. The van der Waals surface area contributed by atoms with Crippen LogP contribution in [0, 0.1) is 10.1 Å². The van der Waals surface area contributed by atoms with E-state index < -0.39 is 21.8 Å². The molecule has 0 radical (unpaired) electrons. The molecular weight excluding hydrogens is 417 g/mol. The summed E-state index contributed by atoms with van der Waals surface area (Å²) in [6.07, 6.45) is 0. The molecule has 1 aromatic heterocycles. The fourth-order valence-electron chi connectivity index (χ4n) is 2.65. The maximum absolute atomic E-state index is 12.9. The van der Waals surface area contributed by atoms with Gasteiger partial charge >= 0.3 is 0 Å². The lowest BCUT2D eigenvalue weighted by molar-refractivity contribution is -0.383. The molecule has 3 aromatic rings. The molecule has 0 saturated carbocycles. The number of nitrogens with zero attached hydrogens (tertiary/aromatic N) is 1. The van der Waals surface area contributed by atoms with E-state index in [-0.39, 0.29) is 32.3 Å². The van der Waals surface area contributed by atoms with Crippen LogP contribution in [0.1, 0.15) is 17.3 Å². The first-order valence-corrected chi connectivity index (χ1v) is 8.60. The van der Waals surface area contributed by atoms with Gasteiger partial charge < -0.3 is 10.3 Å². The van der Waals surface area contributed by atoms with Crippen molar-refractivity contribution in [3.8, 4) is 0 Å². The highest BCUT2D eigenvalue weighted by atomic mass is 35.5. The predicted octanol–water partition coefficient (Wildman–Crippen LogP) is 5.34. The van der Waals surface area contributed by atoms with Gasteiger partial charge in [-0.05, 0) is 31.2 Å². The quantitative estimate of drug-likeness (QED) is 0.333. The Morgan fingerprint density at radius 3 is 2.44 bits per heavy atom. The highest BCUT2D eigenvalue weighted by molar-refractivity contribution is 6.36. The molecule has 0 aliphatic heterocycles. The van der Waals surface area contributed by atoms with Crippen molar-refractivity contribution < 1.29 is 9.72 Å². The van der Waals surface area contributed by atoms with Gasteiger partial charge in [0, 0.05) is 11.1 Å². The van der Waals surface area contributed by atoms with Gasteiger partial charge in [-0.3, -0.25) is 19.7 Å². The summed E-state index contributed by atoms with van der Waals surface area (Å²) < 4.78 is 0. The Kier molecular flexibility index (Phi) is 5.10. The van der Waals surface area contributed by atoms with Crippen LogP contribution in [-0.4, -0.2) is 15.7 Å². The van der Waals surface area contributed by atoms with E-state index in [4.69, 9.17) is 34.8 Å². The second kappa shape index (κ2) is 7.19. The fourth-order valence-corrected chi connectivity index (χ4v) is 3.31. The number of anilines is 2. The van der Waals surface area contributed by atoms with Gasteiger partial charge in [0.1, 0.15) is 16.8 Å². The number of carbonyl (C=O) groups is 1. The third-order valence-corrected chi connectivity index (χ3v) is 4.69. The second-order valence-electron chi connectivity index (χ2n) is 5.58. The van der Waals surface area contributed by atoms with E-state index >= 15 is 0 Å². The van der Waals surface area contributed by atoms with Gasteiger partial charge in [-0.1, -0.05) is 34.8 Å². The predicted molar refractivity (Wildman–Crippen MR) is 106 cm³/mol. The van der Waals surface area contributed by atoms with Gasteiger partial charge in [0.05, 0.1) is 26.2 Å². The number of nitrogens with one attached hydrogen (secondary N) is 2. The molecule has 0 aliphatic carbocycles. The van der Waals surface area contributed by atoms with E-state index in [1.165, 1.54) is 19.1 Å². The third kappa shape index (κ3) is 3.49. The van der Waals surface area contributed by atoms with Gasteiger partial charge in [0.2, 0.25) is 5.43 Å². The molecule has 0 atom stereocenters.